The summed E-state index contributed by atoms with van der Waals surface area (Å²) in [5.41, 5.74) is 0.0668. The van der Waals surface area contributed by atoms with Gasteiger partial charge >= 0.3 is 0 Å². The molecule has 0 aromatic carbocycles. The zero-order valence-electron chi connectivity index (χ0n) is 12.4. The van der Waals surface area contributed by atoms with Gasteiger partial charge in [-0.05, 0) is 32.9 Å². The maximum Gasteiger partial charge on any atom is 0.269 e. The molecule has 6 heteroatoms. The van der Waals surface area contributed by atoms with E-state index in [9.17, 15) is 9.59 Å². The Bertz CT molecular complexity index is 480. The van der Waals surface area contributed by atoms with Gasteiger partial charge in [0.25, 0.3) is 5.91 Å². The molecular formula is C14H22N4O2. The van der Waals surface area contributed by atoms with Crippen molar-refractivity contribution in [2.75, 3.05) is 18.9 Å². The molecule has 3 N–H and O–H groups in total. The number of amides is 2. The summed E-state index contributed by atoms with van der Waals surface area (Å²) in [6, 6.07) is 5.15. The summed E-state index contributed by atoms with van der Waals surface area (Å²) in [4.78, 5) is 27.6. The molecule has 1 rings (SSSR count). The first-order valence-corrected chi connectivity index (χ1v) is 6.56. The Morgan fingerprint density at radius 2 is 1.95 bits per heavy atom. The van der Waals surface area contributed by atoms with Crippen molar-refractivity contribution in [3.8, 4) is 0 Å². The number of carbonyl (C=O) groups is 2. The summed E-state index contributed by atoms with van der Waals surface area (Å²) in [5.74, 6) is 0.253. The highest BCUT2D eigenvalue weighted by Crippen LogP contribution is 2.03. The van der Waals surface area contributed by atoms with Crippen molar-refractivity contribution in [2.24, 2.45) is 0 Å². The van der Waals surface area contributed by atoms with Crippen LogP contribution in [-0.2, 0) is 4.79 Å². The largest absolute Gasteiger partial charge is 0.373 e. The quantitative estimate of drug-likeness (QED) is 0.754. The molecule has 0 saturated heterocycles. The van der Waals surface area contributed by atoms with E-state index in [1.165, 1.54) is 0 Å². The van der Waals surface area contributed by atoms with E-state index in [0.29, 0.717) is 11.5 Å². The molecule has 0 fully saturated rings. The van der Waals surface area contributed by atoms with E-state index in [1.54, 1.807) is 25.2 Å². The van der Waals surface area contributed by atoms with Crippen LogP contribution in [0.3, 0.4) is 0 Å². The van der Waals surface area contributed by atoms with Crippen LogP contribution < -0.4 is 16.0 Å². The fourth-order valence-electron chi connectivity index (χ4n) is 1.56. The second-order valence-electron chi connectivity index (χ2n) is 5.46. The molecule has 0 atom stereocenters. The molecule has 0 aliphatic carbocycles. The molecule has 20 heavy (non-hydrogen) atoms. The van der Waals surface area contributed by atoms with E-state index in [-0.39, 0.29) is 30.3 Å². The normalized spacial score (nSPS) is 10.8. The van der Waals surface area contributed by atoms with Gasteiger partial charge in [0, 0.05) is 25.6 Å². The summed E-state index contributed by atoms with van der Waals surface area (Å²) in [5, 5.41) is 8.38. The van der Waals surface area contributed by atoms with Gasteiger partial charge in [0.2, 0.25) is 5.91 Å². The van der Waals surface area contributed by atoms with E-state index in [0.717, 1.165) is 0 Å². The Labute approximate surface area is 119 Å². The van der Waals surface area contributed by atoms with Gasteiger partial charge in [0.15, 0.2) is 0 Å². The van der Waals surface area contributed by atoms with Crippen LogP contribution in [0.15, 0.2) is 18.2 Å². The second kappa shape index (κ2) is 6.88. The van der Waals surface area contributed by atoms with Gasteiger partial charge in [0.05, 0.1) is 0 Å². The fraction of sp³-hybridized carbons (Fsp3) is 0.500. The Morgan fingerprint density at radius 1 is 1.25 bits per heavy atom. The minimum atomic E-state index is -0.286. The van der Waals surface area contributed by atoms with Crippen molar-refractivity contribution >= 4 is 17.6 Å². The van der Waals surface area contributed by atoms with Crippen molar-refractivity contribution in [3.63, 3.8) is 0 Å². The molecule has 0 aliphatic rings. The lowest BCUT2D eigenvalue weighted by Crippen LogP contribution is -2.42. The van der Waals surface area contributed by atoms with Crippen molar-refractivity contribution in [1.82, 2.24) is 15.6 Å². The summed E-state index contributed by atoms with van der Waals surface area (Å²) in [6.45, 7) is 6.02. The van der Waals surface area contributed by atoms with Gasteiger partial charge in [0.1, 0.15) is 11.5 Å². The monoisotopic (exact) mass is 278 g/mol. The first-order chi connectivity index (χ1) is 9.31. The highest BCUT2D eigenvalue weighted by atomic mass is 16.2. The van der Waals surface area contributed by atoms with Crippen LogP contribution in [0.4, 0.5) is 5.82 Å². The van der Waals surface area contributed by atoms with Gasteiger partial charge in [-0.25, -0.2) is 4.98 Å². The lowest BCUT2D eigenvalue weighted by Gasteiger charge is -2.20. The molecule has 1 aromatic rings. The minimum absolute atomic E-state index is 0.0882. The standard InChI is InChI=1S/C14H22N4O2/c1-14(2,3)18-12(19)8-9-16-13(20)10-6-5-7-11(15-4)17-10/h5-7H,8-9H2,1-4H3,(H,15,17)(H,16,20)(H,18,19). The summed E-state index contributed by atoms with van der Waals surface area (Å²) in [6.07, 6.45) is 0.245. The van der Waals surface area contributed by atoms with Gasteiger partial charge in [-0.2, -0.15) is 0 Å². The molecule has 0 bridgehead atoms. The fourth-order valence-corrected chi connectivity index (χ4v) is 1.56. The van der Waals surface area contributed by atoms with Crippen LogP contribution >= 0.6 is 0 Å². The van der Waals surface area contributed by atoms with Crippen LogP contribution in [0.2, 0.25) is 0 Å². The average molecular weight is 278 g/mol. The van der Waals surface area contributed by atoms with Crippen LogP contribution in [0.1, 0.15) is 37.7 Å². The number of pyridine rings is 1. The lowest BCUT2D eigenvalue weighted by molar-refractivity contribution is -0.122. The molecule has 1 heterocycles. The average Bonchev–Trinajstić information content (AvgIpc) is 2.36. The maximum absolute atomic E-state index is 11.8. The number of nitrogens with one attached hydrogen (secondary N) is 3. The number of hydrogen-bond donors (Lipinski definition) is 3. The number of carbonyl (C=O) groups excluding carboxylic acids is 2. The SMILES string of the molecule is CNc1cccc(C(=O)NCCC(=O)NC(C)(C)C)n1. The number of rotatable bonds is 5. The first-order valence-electron chi connectivity index (χ1n) is 6.56. The number of nitrogens with zero attached hydrogens (tertiary/aromatic N) is 1. The van der Waals surface area contributed by atoms with Crippen molar-refractivity contribution in [2.45, 2.75) is 32.7 Å². The van der Waals surface area contributed by atoms with Crippen molar-refractivity contribution in [1.29, 1.82) is 0 Å². The molecule has 0 saturated carbocycles. The third-order valence-electron chi connectivity index (χ3n) is 2.39. The summed E-state index contributed by atoms with van der Waals surface area (Å²) < 4.78 is 0. The summed E-state index contributed by atoms with van der Waals surface area (Å²) >= 11 is 0. The molecular weight excluding hydrogens is 256 g/mol. The zero-order chi connectivity index (χ0) is 15.2. The van der Waals surface area contributed by atoms with E-state index in [2.05, 4.69) is 20.9 Å². The molecule has 110 valence electrons. The Morgan fingerprint density at radius 3 is 2.55 bits per heavy atom. The van der Waals surface area contributed by atoms with Crippen LogP contribution in [-0.4, -0.2) is 35.9 Å². The van der Waals surface area contributed by atoms with E-state index < -0.39 is 0 Å². The Balaban J connectivity index is 2.42. The molecule has 0 spiro atoms. The third-order valence-corrected chi connectivity index (χ3v) is 2.39. The van der Waals surface area contributed by atoms with Crippen molar-refractivity contribution < 1.29 is 9.59 Å². The van der Waals surface area contributed by atoms with Crippen LogP contribution in [0, 0.1) is 0 Å². The van der Waals surface area contributed by atoms with Gasteiger partial charge in [-0.15, -0.1) is 0 Å². The smallest absolute Gasteiger partial charge is 0.269 e. The summed E-state index contributed by atoms with van der Waals surface area (Å²) in [7, 11) is 1.74. The predicted octanol–water partition coefficient (Wildman–Crippen LogP) is 1.16. The molecule has 0 unspecified atom stereocenters. The predicted molar refractivity (Wildman–Crippen MR) is 78.6 cm³/mol. The van der Waals surface area contributed by atoms with Crippen LogP contribution in [0.5, 0.6) is 0 Å². The molecule has 0 aliphatic heterocycles. The number of aromatic nitrogens is 1. The third kappa shape index (κ3) is 5.69. The first kappa shape index (κ1) is 15.9. The molecule has 0 radical (unpaired) electrons. The number of anilines is 1. The van der Waals surface area contributed by atoms with E-state index in [4.69, 9.17) is 0 Å². The zero-order valence-corrected chi connectivity index (χ0v) is 12.4. The van der Waals surface area contributed by atoms with Gasteiger partial charge < -0.3 is 16.0 Å². The highest BCUT2D eigenvalue weighted by molar-refractivity contribution is 5.92. The molecule has 2 amide bonds. The number of hydrogen-bond acceptors (Lipinski definition) is 4. The van der Waals surface area contributed by atoms with Crippen LogP contribution in [0.25, 0.3) is 0 Å². The lowest BCUT2D eigenvalue weighted by atomic mass is 10.1. The maximum atomic E-state index is 11.8. The molecule has 1 aromatic heterocycles. The van der Waals surface area contributed by atoms with E-state index in [1.807, 2.05) is 20.8 Å². The van der Waals surface area contributed by atoms with Gasteiger partial charge in [-0.1, -0.05) is 6.07 Å². The van der Waals surface area contributed by atoms with Crippen molar-refractivity contribution in [3.05, 3.63) is 23.9 Å². The Kier molecular flexibility index (Phi) is 5.49. The Hall–Kier alpha value is -2.11. The second-order valence-corrected chi connectivity index (χ2v) is 5.46. The van der Waals surface area contributed by atoms with Gasteiger partial charge in [-0.3, -0.25) is 9.59 Å². The van der Waals surface area contributed by atoms with E-state index >= 15 is 0 Å². The highest BCUT2D eigenvalue weighted by Gasteiger charge is 2.14. The topological polar surface area (TPSA) is 83.1 Å². The molecule has 6 nitrogen and oxygen atoms in total. The minimum Gasteiger partial charge on any atom is -0.373 e.